The molecule has 2 aromatic heterocycles. The number of rotatable bonds is 7. The fourth-order valence-corrected chi connectivity index (χ4v) is 3.54. The number of nitrogens with one attached hydrogen (secondary N) is 3. The number of benzene rings is 2. The van der Waals surface area contributed by atoms with Crippen LogP contribution in [0.2, 0.25) is 5.02 Å². The quantitative estimate of drug-likeness (QED) is 0.289. The van der Waals surface area contributed by atoms with E-state index in [4.69, 9.17) is 22.1 Å². The standard InChI is InChI=1S/C24H21ClN6O4/c1-35-24-28-12-15-10-16(23(34)30-20(15)31-24)22(33)29-19-11-14(6-7-17(19)25)21(32)27-9-8-13-4-2-3-5-18(13)26/h2-7,10-12H,8-9,26H2,1H3,(H,27,32)(H,29,33)(H,28,30,31,34). The van der Waals surface area contributed by atoms with Gasteiger partial charge in [-0.15, -0.1) is 0 Å². The zero-order valence-electron chi connectivity index (χ0n) is 18.6. The molecule has 0 radical (unpaired) electrons. The number of carbonyl (C=O) groups is 2. The summed E-state index contributed by atoms with van der Waals surface area (Å²) in [7, 11) is 1.40. The molecule has 4 aromatic rings. The van der Waals surface area contributed by atoms with Crippen LogP contribution in [0.4, 0.5) is 11.4 Å². The number of halogens is 1. The summed E-state index contributed by atoms with van der Waals surface area (Å²) in [4.78, 5) is 48.4. The van der Waals surface area contributed by atoms with Crippen molar-refractivity contribution in [2.75, 3.05) is 24.7 Å². The Morgan fingerprint density at radius 1 is 1.14 bits per heavy atom. The summed E-state index contributed by atoms with van der Waals surface area (Å²) in [5, 5.41) is 6.05. The van der Waals surface area contributed by atoms with Gasteiger partial charge in [0, 0.05) is 29.4 Å². The second-order valence-corrected chi connectivity index (χ2v) is 7.93. The van der Waals surface area contributed by atoms with Gasteiger partial charge in [-0.3, -0.25) is 14.4 Å². The maximum atomic E-state index is 12.8. The Labute approximate surface area is 204 Å². The zero-order valence-corrected chi connectivity index (χ0v) is 19.3. The highest BCUT2D eigenvalue weighted by Gasteiger charge is 2.16. The van der Waals surface area contributed by atoms with Crippen molar-refractivity contribution >= 4 is 45.8 Å². The lowest BCUT2D eigenvalue weighted by Crippen LogP contribution is -2.26. The molecule has 0 spiro atoms. The van der Waals surface area contributed by atoms with Gasteiger partial charge in [-0.25, -0.2) is 4.98 Å². The molecule has 10 nitrogen and oxygen atoms in total. The van der Waals surface area contributed by atoms with Gasteiger partial charge >= 0.3 is 6.01 Å². The van der Waals surface area contributed by atoms with E-state index in [1.807, 2.05) is 18.2 Å². The lowest BCUT2D eigenvalue weighted by Gasteiger charge is -2.11. The molecule has 2 aromatic carbocycles. The Morgan fingerprint density at radius 3 is 2.71 bits per heavy atom. The SMILES string of the molecule is COc1ncc2cc(C(=O)Nc3cc(C(=O)NCCc4ccccc4N)ccc3Cl)c(=O)[nH]c2n1. The second-order valence-electron chi connectivity index (χ2n) is 7.53. The molecule has 4 rings (SSSR count). The Bertz CT molecular complexity index is 1490. The number of carbonyl (C=O) groups excluding carboxylic acids is 2. The number of aromatic nitrogens is 3. The van der Waals surface area contributed by atoms with Gasteiger partial charge in [0.05, 0.1) is 17.8 Å². The number of pyridine rings is 1. The molecular formula is C24H21ClN6O4. The van der Waals surface area contributed by atoms with Crippen LogP contribution in [-0.2, 0) is 6.42 Å². The number of hydrogen-bond acceptors (Lipinski definition) is 7. The first kappa shape index (κ1) is 23.7. The average molecular weight is 493 g/mol. The topological polar surface area (TPSA) is 152 Å². The summed E-state index contributed by atoms with van der Waals surface area (Å²) in [6.45, 7) is 0.372. The predicted molar refractivity (Wildman–Crippen MR) is 133 cm³/mol. The van der Waals surface area contributed by atoms with Crippen molar-refractivity contribution in [3.63, 3.8) is 0 Å². The van der Waals surface area contributed by atoms with Gasteiger partial charge in [0.15, 0.2) is 0 Å². The van der Waals surface area contributed by atoms with E-state index >= 15 is 0 Å². The number of aromatic amines is 1. The second kappa shape index (κ2) is 10.2. The number of methoxy groups -OCH3 is 1. The predicted octanol–water partition coefficient (Wildman–Crippen LogP) is 2.79. The summed E-state index contributed by atoms with van der Waals surface area (Å²) >= 11 is 6.22. The molecule has 0 fully saturated rings. The monoisotopic (exact) mass is 492 g/mol. The van der Waals surface area contributed by atoms with Crippen molar-refractivity contribution in [1.29, 1.82) is 0 Å². The molecule has 178 valence electrons. The number of nitrogens with two attached hydrogens (primary N) is 1. The molecule has 0 atom stereocenters. The van der Waals surface area contributed by atoms with E-state index in [0.29, 0.717) is 29.6 Å². The third-order valence-electron chi connectivity index (χ3n) is 5.21. The third-order valence-corrected chi connectivity index (χ3v) is 5.54. The van der Waals surface area contributed by atoms with E-state index in [9.17, 15) is 14.4 Å². The van der Waals surface area contributed by atoms with Crippen LogP contribution in [0.5, 0.6) is 6.01 Å². The summed E-state index contributed by atoms with van der Waals surface area (Å²) < 4.78 is 4.94. The van der Waals surface area contributed by atoms with Crippen LogP contribution in [0.15, 0.2) is 59.5 Å². The first-order valence-electron chi connectivity index (χ1n) is 10.5. The molecule has 2 heterocycles. The van der Waals surface area contributed by atoms with E-state index in [-0.39, 0.29) is 33.8 Å². The van der Waals surface area contributed by atoms with E-state index < -0.39 is 11.5 Å². The maximum absolute atomic E-state index is 12.8. The van der Waals surface area contributed by atoms with Crippen LogP contribution in [0.1, 0.15) is 26.3 Å². The lowest BCUT2D eigenvalue weighted by atomic mass is 10.1. The smallest absolute Gasteiger partial charge is 0.318 e. The van der Waals surface area contributed by atoms with Crippen molar-refractivity contribution in [3.05, 3.63) is 86.8 Å². The van der Waals surface area contributed by atoms with Crippen LogP contribution in [-0.4, -0.2) is 40.4 Å². The molecule has 0 aliphatic rings. The van der Waals surface area contributed by atoms with Gasteiger partial charge in [0.25, 0.3) is 17.4 Å². The highest BCUT2D eigenvalue weighted by atomic mass is 35.5. The van der Waals surface area contributed by atoms with Crippen LogP contribution in [0.25, 0.3) is 11.0 Å². The molecule has 5 N–H and O–H groups in total. The van der Waals surface area contributed by atoms with E-state index in [2.05, 4.69) is 25.6 Å². The molecule has 0 aliphatic carbocycles. The molecule has 0 bridgehead atoms. The van der Waals surface area contributed by atoms with Crippen molar-refractivity contribution in [3.8, 4) is 6.01 Å². The molecule has 0 unspecified atom stereocenters. The fraction of sp³-hybridized carbons (Fsp3) is 0.125. The van der Waals surface area contributed by atoms with E-state index in [1.165, 1.54) is 37.6 Å². The Morgan fingerprint density at radius 2 is 1.94 bits per heavy atom. The van der Waals surface area contributed by atoms with Gasteiger partial charge in [0.1, 0.15) is 11.2 Å². The van der Waals surface area contributed by atoms with Gasteiger partial charge in [-0.05, 0) is 42.3 Å². The molecule has 0 saturated heterocycles. The minimum Gasteiger partial charge on any atom is -0.467 e. The summed E-state index contributed by atoms with van der Waals surface area (Å²) in [6, 6.07) is 13.3. The first-order chi connectivity index (χ1) is 16.9. The normalized spacial score (nSPS) is 10.7. The van der Waals surface area contributed by atoms with Crippen molar-refractivity contribution < 1.29 is 14.3 Å². The number of anilines is 2. The number of H-pyrrole nitrogens is 1. The Kier molecular flexibility index (Phi) is 6.93. The largest absolute Gasteiger partial charge is 0.467 e. The van der Waals surface area contributed by atoms with E-state index in [0.717, 1.165) is 5.56 Å². The van der Waals surface area contributed by atoms with E-state index in [1.54, 1.807) is 6.07 Å². The van der Waals surface area contributed by atoms with Crippen LogP contribution < -0.4 is 26.7 Å². The van der Waals surface area contributed by atoms with Crippen LogP contribution in [0, 0.1) is 0 Å². The van der Waals surface area contributed by atoms with Crippen molar-refractivity contribution in [2.24, 2.45) is 0 Å². The molecule has 0 aliphatic heterocycles. The highest BCUT2D eigenvalue weighted by Crippen LogP contribution is 2.24. The summed E-state index contributed by atoms with van der Waals surface area (Å²) in [5.41, 5.74) is 7.40. The molecule has 35 heavy (non-hydrogen) atoms. The number of para-hydroxylation sites is 1. The number of ether oxygens (including phenoxy) is 1. The van der Waals surface area contributed by atoms with Gasteiger partial charge in [0.2, 0.25) is 0 Å². The molecular weight excluding hydrogens is 472 g/mol. The third kappa shape index (κ3) is 5.39. The number of nitrogen functional groups attached to an aromatic ring is 1. The van der Waals surface area contributed by atoms with Crippen LogP contribution >= 0.6 is 11.6 Å². The van der Waals surface area contributed by atoms with Gasteiger partial charge in [-0.1, -0.05) is 29.8 Å². The molecule has 0 saturated carbocycles. The van der Waals surface area contributed by atoms with Crippen molar-refractivity contribution in [2.45, 2.75) is 6.42 Å². The number of fused-ring (bicyclic) bond motifs is 1. The number of nitrogens with zero attached hydrogens (tertiary/aromatic N) is 2. The zero-order chi connectivity index (χ0) is 24.9. The summed E-state index contributed by atoms with van der Waals surface area (Å²) in [6.07, 6.45) is 1.99. The Balaban J connectivity index is 1.48. The minimum atomic E-state index is -0.706. The highest BCUT2D eigenvalue weighted by molar-refractivity contribution is 6.34. The Hall–Kier alpha value is -4.44. The molecule has 11 heteroatoms. The number of hydrogen-bond donors (Lipinski definition) is 4. The minimum absolute atomic E-state index is 0.0828. The fourth-order valence-electron chi connectivity index (χ4n) is 3.37. The summed E-state index contributed by atoms with van der Waals surface area (Å²) in [5.74, 6) is -1.05. The van der Waals surface area contributed by atoms with Gasteiger partial charge < -0.3 is 26.1 Å². The molecule has 2 amide bonds. The first-order valence-corrected chi connectivity index (χ1v) is 10.9. The van der Waals surface area contributed by atoms with Crippen LogP contribution in [0.3, 0.4) is 0 Å². The lowest BCUT2D eigenvalue weighted by molar-refractivity contribution is 0.0952. The average Bonchev–Trinajstić information content (AvgIpc) is 2.85. The van der Waals surface area contributed by atoms with Gasteiger partial charge in [-0.2, -0.15) is 4.98 Å². The maximum Gasteiger partial charge on any atom is 0.318 e. The van der Waals surface area contributed by atoms with Crippen molar-refractivity contribution in [1.82, 2.24) is 20.3 Å². The number of amides is 2.